The number of benzene rings is 2. The van der Waals surface area contributed by atoms with Gasteiger partial charge in [-0.05, 0) is 49.9 Å². The smallest absolute Gasteiger partial charge is 0.193 e. The fourth-order valence-corrected chi connectivity index (χ4v) is 4.80. The molecule has 0 radical (unpaired) electrons. The lowest BCUT2D eigenvalue weighted by molar-refractivity contribution is -0.116. The number of hydrogen-bond acceptors (Lipinski definition) is 7. The van der Waals surface area contributed by atoms with E-state index in [2.05, 4.69) is 0 Å². The van der Waals surface area contributed by atoms with E-state index in [1.165, 1.54) is 25.1 Å². The Morgan fingerprint density at radius 3 is 2.61 bits per heavy atom. The molecular formula is C26H23NO6. The average molecular weight is 445 g/mol. The van der Waals surface area contributed by atoms with Crippen molar-refractivity contribution in [2.75, 3.05) is 0 Å². The van der Waals surface area contributed by atoms with Gasteiger partial charge in [-0.25, -0.2) is 0 Å². The fraction of sp³-hybridized carbons (Fsp3) is 0.269. The van der Waals surface area contributed by atoms with Crippen LogP contribution in [-0.4, -0.2) is 26.6 Å². The monoisotopic (exact) mass is 445 g/mol. The minimum atomic E-state index is -0.781. The maximum absolute atomic E-state index is 13.0. The summed E-state index contributed by atoms with van der Waals surface area (Å²) in [5, 5.41) is 22.3. The Morgan fingerprint density at radius 2 is 1.85 bits per heavy atom. The zero-order chi connectivity index (χ0) is 23.5. The number of phenolic OH excluding ortho intramolecular Hbond substituents is 2. The van der Waals surface area contributed by atoms with Crippen LogP contribution in [0.1, 0.15) is 36.6 Å². The number of rotatable bonds is 4. The molecule has 2 aromatic carbocycles. The summed E-state index contributed by atoms with van der Waals surface area (Å²) in [6.45, 7) is 5.24. The highest BCUT2D eigenvalue weighted by molar-refractivity contribution is 5.93. The van der Waals surface area contributed by atoms with E-state index in [0.717, 1.165) is 22.2 Å². The molecule has 1 aliphatic rings. The van der Waals surface area contributed by atoms with E-state index in [1.807, 2.05) is 19.9 Å². The molecular weight excluding hydrogens is 422 g/mol. The molecule has 0 fully saturated rings. The molecule has 5 rings (SSSR count). The van der Waals surface area contributed by atoms with Crippen molar-refractivity contribution < 1.29 is 24.2 Å². The van der Waals surface area contributed by atoms with Gasteiger partial charge < -0.3 is 19.4 Å². The van der Waals surface area contributed by atoms with Crippen LogP contribution < -0.4 is 10.2 Å². The van der Waals surface area contributed by atoms with Gasteiger partial charge in [0, 0.05) is 48.5 Å². The minimum absolute atomic E-state index is 0.0329. The summed E-state index contributed by atoms with van der Waals surface area (Å²) >= 11 is 0. The number of nitrogens with zero attached hydrogens (tertiary/aromatic N) is 1. The maximum Gasteiger partial charge on any atom is 0.193 e. The molecule has 0 aliphatic carbocycles. The van der Waals surface area contributed by atoms with Crippen LogP contribution in [0.5, 0.6) is 17.2 Å². The van der Waals surface area contributed by atoms with Crippen molar-refractivity contribution in [3.8, 4) is 17.2 Å². The Kier molecular flexibility index (Phi) is 4.67. The average Bonchev–Trinajstić information content (AvgIpc) is 2.64. The zero-order valence-corrected chi connectivity index (χ0v) is 18.6. The number of aromatic hydroxyl groups is 2. The van der Waals surface area contributed by atoms with Gasteiger partial charge in [0.1, 0.15) is 40.0 Å². The van der Waals surface area contributed by atoms with E-state index in [4.69, 9.17) is 14.1 Å². The fourth-order valence-electron chi connectivity index (χ4n) is 4.80. The normalized spacial score (nSPS) is 17.3. The van der Waals surface area contributed by atoms with Crippen LogP contribution in [0.25, 0.3) is 21.7 Å². The number of aromatic nitrogens is 1. The highest BCUT2D eigenvalue weighted by atomic mass is 16.5. The molecule has 168 valence electrons. The van der Waals surface area contributed by atoms with E-state index in [-0.39, 0.29) is 41.1 Å². The van der Waals surface area contributed by atoms with Crippen molar-refractivity contribution in [3.05, 3.63) is 69.3 Å². The van der Waals surface area contributed by atoms with E-state index in [9.17, 15) is 19.8 Å². The molecule has 33 heavy (non-hydrogen) atoms. The number of Topliss-reactive ketones (excluding diaryl/α,β-unsaturated/α-hetero) is 1. The summed E-state index contributed by atoms with van der Waals surface area (Å²) in [6.07, 6.45) is 0.785. The van der Waals surface area contributed by atoms with Crippen molar-refractivity contribution in [2.24, 2.45) is 0 Å². The summed E-state index contributed by atoms with van der Waals surface area (Å²) in [5.74, 6) is 0.832. The van der Waals surface area contributed by atoms with Crippen LogP contribution in [0.15, 0.2) is 45.6 Å². The maximum atomic E-state index is 13.0. The quantitative estimate of drug-likeness (QED) is 0.486. The van der Waals surface area contributed by atoms with E-state index >= 15 is 0 Å². The van der Waals surface area contributed by atoms with Gasteiger partial charge in [0.15, 0.2) is 5.43 Å². The van der Waals surface area contributed by atoms with E-state index < -0.39 is 5.60 Å². The molecule has 2 N–H and O–H groups in total. The van der Waals surface area contributed by atoms with E-state index in [0.29, 0.717) is 28.9 Å². The molecule has 1 aliphatic heterocycles. The first-order valence-electron chi connectivity index (χ1n) is 10.7. The largest absolute Gasteiger partial charge is 0.508 e. The molecule has 0 unspecified atom stereocenters. The molecule has 4 aromatic rings. The van der Waals surface area contributed by atoms with Gasteiger partial charge in [-0.3, -0.25) is 14.6 Å². The first-order valence-corrected chi connectivity index (χ1v) is 10.7. The van der Waals surface area contributed by atoms with Crippen molar-refractivity contribution in [1.82, 2.24) is 4.98 Å². The van der Waals surface area contributed by atoms with Crippen LogP contribution in [-0.2, 0) is 24.1 Å². The van der Waals surface area contributed by atoms with Crippen molar-refractivity contribution in [1.29, 1.82) is 0 Å². The van der Waals surface area contributed by atoms with Crippen LogP contribution >= 0.6 is 0 Å². The lowest BCUT2D eigenvalue weighted by Crippen LogP contribution is -2.40. The highest BCUT2D eigenvalue weighted by Crippen LogP contribution is 2.41. The number of hydrogen-bond donors (Lipinski definition) is 2. The van der Waals surface area contributed by atoms with Crippen molar-refractivity contribution >= 4 is 27.5 Å². The van der Waals surface area contributed by atoms with Gasteiger partial charge in [-0.1, -0.05) is 0 Å². The van der Waals surface area contributed by atoms with Crippen LogP contribution in [0.2, 0.25) is 0 Å². The lowest BCUT2D eigenvalue weighted by atomic mass is 9.88. The Hall–Kier alpha value is -3.87. The number of fused-ring (bicyclic) bond motifs is 1. The molecule has 7 heteroatoms. The Morgan fingerprint density at radius 1 is 1.09 bits per heavy atom. The number of aryl methyl sites for hydroxylation is 1. The molecule has 2 aromatic heterocycles. The summed E-state index contributed by atoms with van der Waals surface area (Å²) in [5.41, 5.74) is 1.30. The molecule has 3 heterocycles. The first kappa shape index (κ1) is 21.0. The third-order valence-electron chi connectivity index (χ3n) is 5.92. The molecule has 0 saturated carbocycles. The number of pyridine rings is 1. The predicted octanol–water partition coefficient (Wildman–Crippen LogP) is 4.13. The molecule has 0 amide bonds. The molecule has 0 bridgehead atoms. The zero-order valence-electron chi connectivity index (χ0n) is 18.6. The summed E-state index contributed by atoms with van der Waals surface area (Å²) in [4.78, 5) is 29.3. The van der Waals surface area contributed by atoms with Crippen molar-refractivity contribution in [2.45, 2.75) is 45.6 Å². The van der Waals surface area contributed by atoms with Gasteiger partial charge in [-0.15, -0.1) is 0 Å². The van der Waals surface area contributed by atoms with Gasteiger partial charge in [0.05, 0.1) is 11.1 Å². The third kappa shape index (κ3) is 3.80. The van der Waals surface area contributed by atoms with Crippen LogP contribution in [0, 0.1) is 6.92 Å². The SMILES string of the molecule is CC(=O)Cc1cc(O)cc2oc(C[C@]3(C)Cc4nc(C)cc5cc(O)cc(c45)O3)cc(=O)c12. The lowest BCUT2D eigenvalue weighted by Gasteiger charge is -2.35. The number of ether oxygens (including phenoxy) is 1. The summed E-state index contributed by atoms with van der Waals surface area (Å²) in [6, 6.07) is 9.38. The number of carbonyl (C=O) groups is 1. The third-order valence-corrected chi connectivity index (χ3v) is 5.92. The highest BCUT2D eigenvalue weighted by Gasteiger charge is 2.35. The van der Waals surface area contributed by atoms with Gasteiger partial charge in [0.2, 0.25) is 0 Å². The van der Waals surface area contributed by atoms with Crippen LogP contribution in [0.3, 0.4) is 0 Å². The van der Waals surface area contributed by atoms with Crippen LogP contribution in [0.4, 0.5) is 0 Å². The number of phenols is 2. The second-order valence-corrected chi connectivity index (χ2v) is 9.09. The predicted molar refractivity (Wildman–Crippen MR) is 123 cm³/mol. The molecule has 0 spiro atoms. The van der Waals surface area contributed by atoms with E-state index in [1.54, 1.807) is 12.1 Å². The Labute approximate surface area is 189 Å². The second-order valence-electron chi connectivity index (χ2n) is 9.09. The molecule has 1 atom stereocenters. The molecule has 7 nitrogen and oxygen atoms in total. The minimum Gasteiger partial charge on any atom is -0.508 e. The van der Waals surface area contributed by atoms with Gasteiger partial charge in [0.25, 0.3) is 0 Å². The second kappa shape index (κ2) is 7.33. The van der Waals surface area contributed by atoms with Gasteiger partial charge >= 0.3 is 0 Å². The number of carbonyl (C=O) groups excluding carboxylic acids is 1. The van der Waals surface area contributed by atoms with Crippen molar-refractivity contribution in [3.63, 3.8) is 0 Å². The Bertz CT molecular complexity index is 1470. The molecule has 0 saturated heterocycles. The Balaban J connectivity index is 1.57. The number of ketones is 1. The summed E-state index contributed by atoms with van der Waals surface area (Å²) in [7, 11) is 0. The van der Waals surface area contributed by atoms with Gasteiger partial charge in [-0.2, -0.15) is 0 Å². The topological polar surface area (TPSA) is 110 Å². The first-order chi connectivity index (χ1) is 15.6. The standard InChI is InChI=1S/C26H23NO6/c1-13-4-15-6-18(30)9-23-24(15)20(27-13)12-26(3,33-23)11-19-10-21(31)25-16(5-14(2)28)7-17(29)8-22(25)32-19/h4,6-10,29-30H,5,11-12H2,1-3H3/t26-/m1/s1. The summed E-state index contributed by atoms with van der Waals surface area (Å²) < 4.78 is 12.3.